The maximum absolute atomic E-state index is 10.5. The molecule has 0 fully saturated rings. The van der Waals surface area contributed by atoms with Gasteiger partial charge in [0.05, 0.1) is 13.2 Å². The molecule has 0 unspecified atom stereocenters. The molecule has 0 amide bonds. The first kappa shape index (κ1) is 30.2. The Morgan fingerprint density at radius 3 is 1.54 bits per heavy atom. The predicted molar refractivity (Wildman–Crippen MR) is 121 cm³/mol. The Hall–Kier alpha value is 0.0287. The van der Waals surface area contributed by atoms with Crippen molar-refractivity contribution >= 4 is 27.3 Å². The Morgan fingerprint density at radius 1 is 0.607 bits per heavy atom. The van der Waals surface area contributed by atoms with E-state index in [9.17, 15) is 4.79 Å². The van der Waals surface area contributed by atoms with Gasteiger partial charge in [-0.25, -0.2) is 4.79 Å². The minimum atomic E-state index is -0.764. The summed E-state index contributed by atoms with van der Waals surface area (Å²) in [5.41, 5.74) is 0. The van der Waals surface area contributed by atoms with E-state index in [1.54, 1.807) is 21.7 Å². The fraction of sp³-hybridized carbons (Fsp3) is 0.957. The van der Waals surface area contributed by atoms with Gasteiger partial charge in [0.2, 0.25) is 0 Å². The van der Waals surface area contributed by atoms with Crippen LogP contribution in [0.15, 0.2) is 0 Å². The van der Waals surface area contributed by atoms with Gasteiger partial charge in [-0.1, -0.05) is 13.8 Å². The molecule has 2 radical (unpaired) electrons. The Bertz CT molecular complexity index is 274. The zero-order valence-corrected chi connectivity index (χ0v) is 22.2. The third-order valence-electron chi connectivity index (χ3n) is 4.25. The van der Waals surface area contributed by atoms with E-state index in [2.05, 4.69) is 28.4 Å². The van der Waals surface area contributed by atoms with Crippen LogP contribution in [-0.4, -0.2) is 40.5 Å². The number of ether oxygens (including phenoxy) is 1. The summed E-state index contributed by atoms with van der Waals surface area (Å²) >= 11 is 0.0736. The van der Waals surface area contributed by atoms with Gasteiger partial charge in [0.1, 0.15) is 0 Å². The third kappa shape index (κ3) is 30.7. The van der Waals surface area contributed by atoms with Crippen LogP contribution in [0.3, 0.4) is 0 Å². The van der Waals surface area contributed by atoms with Crippen molar-refractivity contribution < 1.29 is 19.3 Å². The molecule has 0 atom stereocenters. The Labute approximate surface area is 186 Å². The molecule has 0 N–H and O–H groups in total. The van der Waals surface area contributed by atoms with Gasteiger partial charge in [0.15, 0.2) is 0 Å². The van der Waals surface area contributed by atoms with Gasteiger partial charge >= 0.3 is 127 Å². The molecule has 0 heterocycles. The van der Waals surface area contributed by atoms with Gasteiger partial charge in [-0.05, 0) is 12.8 Å². The van der Waals surface area contributed by atoms with Crippen molar-refractivity contribution in [1.82, 2.24) is 0 Å². The molecule has 0 rings (SSSR count). The van der Waals surface area contributed by atoms with E-state index < -0.39 is 6.16 Å². The van der Waals surface area contributed by atoms with Gasteiger partial charge in [-0.3, -0.25) is 4.89 Å². The Morgan fingerprint density at radius 2 is 1.07 bits per heavy atom. The topological polar surface area (TPSA) is 44.8 Å². The molecule has 0 aromatic rings. The van der Waals surface area contributed by atoms with Crippen LogP contribution < -0.4 is 0 Å². The second-order valence-electron chi connectivity index (χ2n) is 7.29. The Kier molecular flexibility index (Phi) is 31.6. The van der Waals surface area contributed by atoms with Crippen molar-refractivity contribution in [3.8, 4) is 0 Å². The van der Waals surface area contributed by atoms with E-state index in [1.807, 2.05) is 13.8 Å². The second-order valence-corrected chi connectivity index (χ2v) is 11.6. The predicted octanol–water partition coefficient (Wildman–Crippen LogP) is 8.14. The summed E-state index contributed by atoms with van der Waals surface area (Å²) in [6, 6.07) is 0. The summed E-state index contributed by atoms with van der Waals surface area (Å²) in [6.45, 7) is 9.19. The molecule has 0 saturated heterocycles. The van der Waals surface area contributed by atoms with Crippen molar-refractivity contribution in [3.63, 3.8) is 0 Å². The van der Waals surface area contributed by atoms with Crippen LogP contribution in [0.4, 0.5) is 4.79 Å². The standard InChI is InChI=1S/2C8H17.C7H14O4.Sn/c2*1-3-5-7-8-6-4-2;1-3-5-9-7(8)11-10-6-4-2;/h2*1,3-8H2,2H3;3-6H2,1-2H3;. The fourth-order valence-corrected chi connectivity index (χ4v) is 6.14. The molecular weight excluding hydrogens is 459 g/mol. The smallest absolute Gasteiger partial charge is 0.432 e. The summed E-state index contributed by atoms with van der Waals surface area (Å²) in [4.78, 5) is 19.2. The first-order chi connectivity index (χ1) is 13.7. The van der Waals surface area contributed by atoms with Gasteiger partial charge in [-0.15, -0.1) is 0 Å². The summed E-state index contributed by atoms with van der Waals surface area (Å²) in [6.07, 6.45) is 18.7. The van der Waals surface area contributed by atoms with Crippen molar-refractivity contribution in [2.75, 3.05) is 13.2 Å². The number of hydrogen-bond acceptors (Lipinski definition) is 4. The molecule has 168 valence electrons. The largest absolute Gasteiger partial charge is 0.540 e. The first-order valence-electron chi connectivity index (χ1n) is 11.9. The molecular formula is C23H48O4Sn. The van der Waals surface area contributed by atoms with E-state index in [-0.39, 0.29) is 21.1 Å². The average molecular weight is 507 g/mol. The molecule has 0 spiro atoms. The van der Waals surface area contributed by atoms with Crippen LogP contribution in [0.25, 0.3) is 0 Å². The minimum absolute atomic E-state index is 0.0736. The minimum Gasteiger partial charge on any atom is -0.432 e. The van der Waals surface area contributed by atoms with Crippen molar-refractivity contribution in [3.05, 3.63) is 0 Å². The van der Waals surface area contributed by atoms with E-state index >= 15 is 0 Å². The number of unbranched alkanes of at least 4 members (excludes halogenated alkanes) is 10. The molecule has 0 aromatic carbocycles. The van der Waals surface area contributed by atoms with Crippen LogP contribution in [0.2, 0.25) is 8.87 Å². The second kappa shape index (κ2) is 29.2. The molecule has 0 aromatic heterocycles. The van der Waals surface area contributed by atoms with Crippen LogP contribution in [-0.2, 0) is 14.5 Å². The van der Waals surface area contributed by atoms with E-state index in [0.29, 0.717) is 13.2 Å². The van der Waals surface area contributed by atoms with Crippen LogP contribution in [0.5, 0.6) is 0 Å². The summed E-state index contributed by atoms with van der Waals surface area (Å²) < 4.78 is 7.87. The van der Waals surface area contributed by atoms with Gasteiger partial charge < -0.3 is 4.74 Å². The van der Waals surface area contributed by atoms with Crippen molar-refractivity contribution in [2.24, 2.45) is 0 Å². The van der Waals surface area contributed by atoms with Gasteiger partial charge in [0.25, 0.3) is 0 Å². The quantitative estimate of drug-likeness (QED) is 0.0582. The van der Waals surface area contributed by atoms with Crippen LogP contribution in [0, 0.1) is 0 Å². The average Bonchev–Trinajstić information content (AvgIpc) is 2.70. The van der Waals surface area contributed by atoms with Crippen LogP contribution >= 0.6 is 0 Å². The number of carbonyl (C=O) groups is 1. The number of rotatable bonds is 19. The molecule has 4 nitrogen and oxygen atoms in total. The van der Waals surface area contributed by atoms with Crippen molar-refractivity contribution in [1.29, 1.82) is 0 Å². The monoisotopic (exact) mass is 508 g/mol. The van der Waals surface area contributed by atoms with Crippen LogP contribution in [0.1, 0.15) is 118 Å². The van der Waals surface area contributed by atoms with E-state index in [1.165, 1.54) is 64.2 Å². The first-order valence-corrected chi connectivity index (χ1v) is 15.9. The normalized spacial score (nSPS) is 10.3. The maximum Gasteiger partial charge on any atom is 0.540 e. The molecule has 0 bridgehead atoms. The van der Waals surface area contributed by atoms with E-state index in [0.717, 1.165) is 12.8 Å². The zero-order valence-electron chi connectivity index (χ0n) is 19.4. The Balaban J connectivity index is 0. The summed E-state index contributed by atoms with van der Waals surface area (Å²) in [5, 5.41) is 0. The molecule has 0 aliphatic rings. The molecule has 0 aliphatic carbocycles. The maximum atomic E-state index is 10.5. The molecule has 28 heavy (non-hydrogen) atoms. The number of hydrogen-bond donors (Lipinski definition) is 0. The van der Waals surface area contributed by atoms with Gasteiger partial charge in [0, 0.05) is 0 Å². The zero-order chi connectivity index (χ0) is 21.1. The number of carbonyl (C=O) groups excluding carboxylic acids is 1. The molecule has 5 heteroatoms. The summed E-state index contributed by atoms with van der Waals surface area (Å²) in [5.74, 6) is 0. The SMILES string of the molecule is CCCCCCC[CH2][Sn][CH2]CCCCCCC.CCCOOC(=O)OCCC. The molecule has 0 aliphatic heterocycles. The van der Waals surface area contributed by atoms with Gasteiger partial charge in [-0.2, -0.15) is 4.89 Å². The molecule has 0 saturated carbocycles. The fourth-order valence-electron chi connectivity index (χ4n) is 2.57. The third-order valence-corrected chi connectivity index (χ3v) is 8.29. The van der Waals surface area contributed by atoms with E-state index in [4.69, 9.17) is 0 Å². The van der Waals surface area contributed by atoms with Crippen molar-refractivity contribution in [2.45, 2.75) is 126 Å². The summed E-state index contributed by atoms with van der Waals surface area (Å²) in [7, 11) is 0.